The molecule has 4 N–H and O–H groups in total. The Morgan fingerprint density at radius 1 is 0.750 bits per heavy atom. The predicted molar refractivity (Wildman–Crippen MR) is 129 cm³/mol. The van der Waals surface area contributed by atoms with Crippen molar-refractivity contribution in [2.45, 2.75) is 70.8 Å². The molecule has 1 unspecified atom stereocenters. The summed E-state index contributed by atoms with van der Waals surface area (Å²) in [7, 11) is 0. The van der Waals surface area contributed by atoms with Gasteiger partial charge in [0.1, 0.15) is 5.57 Å². The lowest BCUT2D eigenvalue weighted by atomic mass is 10.0. The number of carboxylic acids is 2. The first-order chi connectivity index (χ1) is 15.4. The average Bonchev–Trinajstić information content (AvgIpc) is 2.74. The Morgan fingerprint density at radius 2 is 1.25 bits per heavy atom. The van der Waals surface area contributed by atoms with Crippen molar-refractivity contribution in [1.29, 1.82) is 0 Å². The van der Waals surface area contributed by atoms with E-state index in [-0.39, 0.29) is 0 Å². The Morgan fingerprint density at radius 3 is 1.78 bits per heavy atom. The lowest BCUT2D eigenvalue weighted by Crippen LogP contribution is -2.35. The Hall–Kier alpha value is -2.99. The summed E-state index contributed by atoms with van der Waals surface area (Å²) in [5.74, 6) is -3.63. The predicted octanol–water partition coefficient (Wildman–Crippen LogP) is 5.29. The maximum absolute atomic E-state index is 11.9. The minimum Gasteiger partial charge on any atom is -0.481 e. The van der Waals surface area contributed by atoms with Gasteiger partial charge in [-0.15, -0.1) is 0 Å². The first-order valence-corrected chi connectivity index (χ1v) is 11.2. The number of allylic oxidation sites excluding steroid dienone is 11. The molecule has 176 valence electrons. The molecule has 0 aromatic heterocycles. The molecule has 0 bridgehead atoms. The Bertz CT molecular complexity index is 741. The van der Waals surface area contributed by atoms with Crippen molar-refractivity contribution in [3.8, 4) is 0 Å². The number of carbonyl (C=O) groups excluding carboxylic acids is 1. The van der Waals surface area contributed by atoms with E-state index in [0.717, 1.165) is 12.5 Å². The molecule has 0 aliphatic carbocycles. The molecule has 6 nitrogen and oxygen atoms in total. The van der Waals surface area contributed by atoms with Crippen molar-refractivity contribution < 1.29 is 24.6 Å². The highest BCUT2D eigenvalue weighted by molar-refractivity contribution is 6.19. The maximum atomic E-state index is 11.9. The number of hydrogen-bond acceptors (Lipinski definition) is 4. The molecule has 0 rings (SSSR count). The summed E-state index contributed by atoms with van der Waals surface area (Å²) in [6.07, 6.45) is 29.0. The molecule has 6 heteroatoms. The molecule has 0 saturated heterocycles. The van der Waals surface area contributed by atoms with Gasteiger partial charge in [-0.3, -0.25) is 9.59 Å². The molecule has 32 heavy (non-hydrogen) atoms. The number of hydrogen-bond donors (Lipinski definition) is 3. The normalized spacial score (nSPS) is 13.9. The standard InChI is InChI=1S/C26H37NO5/c1-2-3-4-5-6-7-8-9-10-11-12-13-14-15-16-17-18-19-20-22(26(31)32)25(30)23(27)21-24(28)29/h10-20,23H,2-9,21,27H2,1H3,(H,28,29)(H,31,32). The fourth-order valence-electron chi connectivity index (χ4n) is 2.73. The highest BCUT2D eigenvalue weighted by Crippen LogP contribution is 2.08. The van der Waals surface area contributed by atoms with Gasteiger partial charge < -0.3 is 15.9 Å². The highest BCUT2D eigenvalue weighted by Gasteiger charge is 2.24. The largest absolute Gasteiger partial charge is 0.481 e. The summed E-state index contributed by atoms with van der Waals surface area (Å²) < 4.78 is 0. The van der Waals surface area contributed by atoms with Gasteiger partial charge in [0, 0.05) is 0 Å². The van der Waals surface area contributed by atoms with E-state index in [0.29, 0.717) is 0 Å². The summed E-state index contributed by atoms with van der Waals surface area (Å²) in [6.45, 7) is 2.23. The molecule has 0 fully saturated rings. The summed E-state index contributed by atoms with van der Waals surface area (Å²) in [6, 6.07) is -1.39. The molecule has 1 atom stereocenters. The highest BCUT2D eigenvalue weighted by atomic mass is 16.4. The molecule has 0 aromatic rings. The fourth-order valence-corrected chi connectivity index (χ4v) is 2.73. The number of Topliss-reactive ketones (excluding diaryl/α,β-unsaturated/α-hetero) is 1. The smallest absolute Gasteiger partial charge is 0.339 e. The molecule has 0 radical (unpaired) electrons. The molecule has 0 amide bonds. The van der Waals surface area contributed by atoms with Gasteiger partial charge in [-0.25, -0.2) is 4.79 Å². The topological polar surface area (TPSA) is 118 Å². The zero-order chi connectivity index (χ0) is 24.0. The van der Waals surface area contributed by atoms with Crippen molar-refractivity contribution in [2.24, 2.45) is 5.73 Å². The Kier molecular flexibility index (Phi) is 18.1. The van der Waals surface area contributed by atoms with Gasteiger partial charge in [0.25, 0.3) is 0 Å². The lowest BCUT2D eigenvalue weighted by Gasteiger charge is -2.07. The van der Waals surface area contributed by atoms with Gasteiger partial charge in [0.15, 0.2) is 5.78 Å². The number of nitrogens with two attached hydrogens (primary N) is 1. The van der Waals surface area contributed by atoms with Crippen LogP contribution in [0.2, 0.25) is 0 Å². The zero-order valence-electron chi connectivity index (χ0n) is 19.0. The summed E-state index contributed by atoms with van der Waals surface area (Å²) in [5.41, 5.74) is 4.88. The van der Waals surface area contributed by atoms with Crippen molar-refractivity contribution in [3.05, 3.63) is 72.4 Å². The van der Waals surface area contributed by atoms with E-state index in [1.54, 1.807) is 18.2 Å². The molecule has 0 aliphatic heterocycles. The van der Waals surface area contributed by atoms with Gasteiger partial charge in [-0.2, -0.15) is 0 Å². The summed E-state index contributed by atoms with van der Waals surface area (Å²) >= 11 is 0. The average molecular weight is 444 g/mol. The Labute approximate surface area is 191 Å². The first-order valence-electron chi connectivity index (χ1n) is 11.2. The third-order valence-electron chi connectivity index (χ3n) is 4.49. The van der Waals surface area contributed by atoms with E-state index in [1.165, 1.54) is 51.0 Å². The van der Waals surface area contributed by atoms with Crippen LogP contribution in [0.15, 0.2) is 72.4 Å². The van der Waals surface area contributed by atoms with E-state index in [1.807, 2.05) is 30.4 Å². The van der Waals surface area contributed by atoms with Crippen LogP contribution in [-0.4, -0.2) is 34.0 Å². The third-order valence-corrected chi connectivity index (χ3v) is 4.49. The fraction of sp³-hybridized carbons (Fsp3) is 0.423. The van der Waals surface area contributed by atoms with Crippen LogP contribution < -0.4 is 5.73 Å². The van der Waals surface area contributed by atoms with Crippen LogP contribution in [0.1, 0.15) is 64.7 Å². The van der Waals surface area contributed by atoms with E-state index in [4.69, 9.17) is 15.9 Å². The minimum atomic E-state index is -1.45. The van der Waals surface area contributed by atoms with Crippen LogP contribution in [-0.2, 0) is 14.4 Å². The quantitative estimate of drug-likeness (QED) is 0.0871. The molecule has 0 saturated carbocycles. The van der Waals surface area contributed by atoms with E-state index >= 15 is 0 Å². The first kappa shape index (κ1) is 29.0. The van der Waals surface area contributed by atoms with Crippen molar-refractivity contribution in [3.63, 3.8) is 0 Å². The van der Waals surface area contributed by atoms with E-state index in [2.05, 4.69) is 13.0 Å². The molecular weight excluding hydrogens is 406 g/mol. The van der Waals surface area contributed by atoms with Crippen molar-refractivity contribution in [2.75, 3.05) is 0 Å². The number of carboxylic acid groups (broad SMARTS) is 2. The van der Waals surface area contributed by atoms with E-state index in [9.17, 15) is 14.4 Å². The number of ketones is 1. The molecule has 0 heterocycles. The third kappa shape index (κ3) is 16.8. The number of rotatable bonds is 18. The number of aliphatic carboxylic acids is 2. The van der Waals surface area contributed by atoms with E-state index < -0.39 is 35.8 Å². The second-order valence-electron chi connectivity index (χ2n) is 7.33. The zero-order valence-corrected chi connectivity index (χ0v) is 19.0. The molecule has 0 aliphatic rings. The number of carbonyl (C=O) groups is 3. The van der Waals surface area contributed by atoms with Gasteiger partial charge in [-0.1, -0.05) is 106 Å². The van der Waals surface area contributed by atoms with Crippen LogP contribution in [0.4, 0.5) is 0 Å². The second-order valence-corrected chi connectivity index (χ2v) is 7.33. The van der Waals surface area contributed by atoms with Crippen LogP contribution in [0, 0.1) is 0 Å². The monoisotopic (exact) mass is 443 g/mol. The molecule has 0 spiro atoms. The summed E-state index contributed by atoms with van der Waals surface area (Å²) in [4.78, 5) is 33.7. The van der Waals surface area contributed by atoms with Crippen molar-refractivity contribution >= 4 is 17.7 Å². The van der Waals surface area contributed by atoms with Crippen LogP contribution >= 0.6 is 0 Å². The van der Waals surface area contributed by atoms with Crippen LogP contribution in [0.5, 0.6) is 0 Å². The summed E-state index contributed by atoms with van der Waals surface area (Å²) in [5, 5.41) is 17.8. The van der Waals surface area contributed by atoms with Crippen LogP contribution in [0.3, 0.4) is 0 Å². The minimum absolute atomic E-state index is 0.551. The van der Waals surface area contributed by atoms with Gasteiger partial charge in [0.2, 0.25) is 0 Å². The SMILES string of the molecule is CCCCCCCCCC=CC=CC=CC=CC=CC=C(C(=O)O)C(=O)C(N)CC(=O)O. The molecule has 0 aromatic carbocycles. The van der Waals surface area contributed by atoms with Gasteiger partial charge in [0.05, 0.1) is 12.5 Å². The maximum Gasteiger partial charge on any atom is 0.339 e. The van der Waals surface area contributed by atoms with Gasteiger partial charge >= 0.3 is 11.9 Å². The van der Waals surface area contributed by atoms with Crippen molar-refractivity contribution in [1.82, 2.24) is 0 Å². The lowest BCUT2D eigenvalue weighted by molar-refractivity contribution is -0.140. The van der Waals surface area contributed by atoms with Crippen LogP contribution in [0.25, 0.3) is 0 Å². The molecular formula is C26H37NO5. The Balaban J connectivity index is 4.24. The second kappa shape index (κ2) is 19.9. The number of unbranched alkanes of at least 4 members (excludes halogenated alkanes) is 7. The van der Waals surface area contributed by atoms with Gasteiger partial charge in [-0.05, 0) is 18.9 Å².